The minimum Gasteiger partial charge on any atom is -0.313 e. The van der Waals surface area contributed by atoms with Crippen LogP contribution >= 0.6 is 27.5 Å². The summed E-state index contributed by atoms with van der Waals surface area (Å²) in [6.45, 7) is 0. The van der Waals surface area contributed by atoms with Crippen molar-refractivity contribution in [3.8, 4) is 0 Å². The molecule has 106 valence electrons. The fraction of sp³-hybridized carbons (Fsp3) is 0.200. The van der Waals surface area contributed by atoms with Crippen LogP contribution in [0.2, 0.25) is 5.02 Å². The fourth-order valence-electron chi connectivity index (χ4n) is 2.02. The van der Waals surface area contributed by atoms with Gasteiger partial charge < -0.3 is 5.32 Å². The SMILES string of the molecule is CNC(Cc1ccc(Br)cc1F)c1ccc(F)c(Cl)c1. The monoisotopic (exact) mass is 359 g/mol. The summed E-state index contributed by atoms with van der Waals surface area (Å²) in [6.07, 6.45) is 0.456. The Morgan fingerprint density at radius 2 is 1.90 bits per heavy atom. The second kappa shape index (κ2) is 6.66. The standard InChI is InChI=1S/C15H13BrClF2N/c1-20-15(10-3-5-13(18)12(17)6-10)7-9-2-4-11(16)8-14(9)19/h2-6,8,15,20H,7H2,1H3. The Morgan fingerprint density at radius 3 is 2.50 bits per heavy atom. The normalized spacial score (nSPS) is 12.4. The molecular formula is C15H13BrClF2N. The van der Waals surface area contributed by atoms with Crippen LogP contribution in [0.3, 0.4) is 0 Å². The molecule has 0 fully saturated rings. The van der Waals surface area contributed by atoms with Gasteiger partial charge in [-0.15, -0.1) is 0 Å². The highest BCUT2D eigenvalue weighted by Gasteiger charge is 2.14. The first-order valence-electron chi connectivity index (χ1n) is 6.07. The van der Waals surface area contributed by atoms with Gasteiger partial charge in [-0.05, 0) is 48.9 Å². The lowest BCUT2D eigenvalue weighted by Crippen LogP contribution is -2.19. The van der Waals surface area contributed by atoms with Gasteiger partial charge in [-0.1, -0.05) is 39.7 Å². The van der Waals surface area contributed by atoms with Crippen LogP contribution in [0.25, 0.3) is 0 Å². The van der Waals surface area contributed by atoms with Crippen LogP contribution in [0.5, 0.6) is 0 Å². The van der Waals surface area contributed by atoms with Gasteiger partial charge in [0.15, 0.2) is 0 Å². The molecule has 0 aromatic heterocycles. The van der Waals surface area contributed by atoms with Crippen molar-refractivity contribution in [2.45, 2.75) is 12.5 Å². The van der Waals surface area contributed by atoms with Crippen molar-refractivity contribution in [2.24, 2.45) is 0 Å². The summed E-state index contributed by atoms with van der Waals surface area (Å²) in [4.78, 5) is 0. The molecule has 2 aromatic carbocycles. The van der Waals surface area contributed by atoms with E-state index in [1.807, 2.05) is 0 Å². The van der Waals surface area contributed by atoms with E-state index in [9.17, 15) is 8.78 Å². The predicted octanol–water partition coefficient (Wildman–Crippen LogP) is 4.88. The largest absolute Gasteiger partial charge is 0.313 e. The first-order chi connectivity index (χ1) is 9.51. The van der Waals surface area contributed by atoms with Gasteiger partial charge in [-0.2, -0.15) is 0 Å². The van der Waals surface area contributed by atoms with E-state index in [1.165, 1.54) is 12.1 Å². The molecule has 2 rings (SSSR count). The highest BCUT2D eigenvalue weighted by molar-refractivity contribution is 9.10. The Bertz CT molecular complexity index is 619. The van der Waals surface area contributed by atoms with Crippen LogP contribution in [-0.4, -0.2) is 7.05 Å². The molecular weight excluding hydrogens is 348 g/mol. The van der Waals surface area contributed by atoms with Gasteiger partial charge in [0, 0.05) is 10.5 Å². The Hall–Kier alpha value is -0.970. The number of hydrogen-bond acceptors (Lipinski definition) is 1. The Kier molecular flexibility index (Phi) is 5.13. The summed E-state index contributed by atoms with van der Waals surface area (Å²) in [7, 11) is 1.78. The van der Waals surface area contributed by atoms with E-state index in [-0.39, 0.29) is 16.9 Å². The molecule has 0 aliphatic carbocycles. The van der Waals surface area contributed by atoms with E-state index in [0.717, 1.165) is 5.56 Å². The van der Waals surface area contributed by atoms with E-state index in [2.05, 4.69) is 21.2 Å². The average molecular weight is 361 g/mol. The Balaban J connectivity index is 2.26. The van der Waals surface area contributed by atoms with Gasteiger partial charge in [-0.3, -0.25) is 0 Å². The summed E-state index contributed by atoms with van der Waals surface area (Å²) in [5, 5.41) is 3.16. The molecule has 1 atom stereocenters. The van der Waals surface area contributed by atoms with E-state index >= 15 is 0 Å². The average Bonchev–Trinajstić information content (AvgIpc) is 2.41. The number of benzene rings is 2. The van der Waals surface area contributed by atoms with Crippen LogP contribution in [0.1, 0.15) is 17.2 Å². The Labute approximate surface area is 130 Å². The summed E-state index contributed by atoms with van der Waals surface area (Å²) < 4.78 is 27.7. The summed E-state index contributed by atoms with van der Waals surface area (Å²) in [6, 6.07) is 9.36. The number of nitrogens with one attached hydrogen (secondary N) is 1. The lowest BCUT2D eigenvalue weighted by atomic mass is 9.98. The van der Waals surface area contributed by atoms with Crippen LogP contribution in [-0.2, 0) is 6.42 Å². The first kappa shape index (κ1) is 15.4. The molecule has 0 aliphatic heterocycles. The van der Waals surface area contributed by atoms with Crippen LogP contribution in [0.15, 0.2) is 40.9 Å². The maximum absolute atomic E-state index is 13.9. The molecule has 5 heteroatoms. The van der Waals surface area contributed by atoms with Gasteiger partial charge in [0.25, 0.3) is 0 Å². The highest BCUT2D eigenvalue weighted by Crippen LogP contribution is 2.25. The van der Waals surface area contributed by atoms with Crippen LogP contribution < -0.4 is 5.32 Å². The Morgan fingerprint density at radius 1 is 1.15 bits per heavy atom. The third-order valence-corrected chi connectivity index (χ3v) is 3.92. The second-order valence-corrected chi connectivity index (χ2v) is 5.78. The number of halogens is 4. The van der Waals surface area contributed by atoms with Gasteiger partial charge in [0.2, 0.25) is 0 Å². The molecule has 0 radical (unpaired) electrons. The molecule has 0 saturated heterocycles. The maximum atomic E-state index is 13.9. The van der Waals surface area contributed by atoms with Crippen LogP contribution in [0, 0.1) is 11.6 Å². The predicted molar refractivity (Wildman–Crippen MR) is 81.0 cm³/mol. The summed E-state index contributed by atoms with van der Waals surface area (Å²) >= 11 is 9.01. The van der Waals surface area contributed by atoms with E-state index in [0.29, 0.717) is 16.5 Å². The van der Waals surface area contributed by atoms with Crippen LogP contribution in [0.4, 0.5) is 8.78 Å². The molecule has 2 aromatic rings. The van der Waals surface area contributed by atoms with E-state index in [1.54, 1.807) is 31.3 Å². The smallest absolute Gasteiger partial charge is 0.141 e. The second-order valence-electron chi connectivity index (χ2n) is 4.45. The van der Waals surface area contributed by atoms with Crippen molar-refractivity contribution in [2.75, 3.05) is 7.05 Å². The van der Waals surface area contributed by atoms with Crippen molar-refractivity contribution >= 4 is 27.5 Å². The van der Waals surface area contributed by atoms with Gasteiger partial charge in [0.05, 0.1) is 5.02 Å². The maximum Gasteiger partial charge on any atom is 0.141 e. The molecule has 1 unspecified atom stereocenters. The van der Waals surface area contributed by atoms with Crippen molar-refractivity contribution in [3.63, 3.8) is 0 Å². The van der Waals surface area contributed by atoms with Gasteiger partial charge in [0.1, 0.15) is 11.6 Å². The third kappa shape index (κ3) is 3.57. The van der Waals surface area contributed by atoms with E-state index in [4.69, 9.17) is 11.6 Å². The van der Waals surface area contributed by atoms with Crippen molar-refractivity contribution in [3.05, 3.63) is 68.7 Å². The zero-order valence-corrected chi connectivity index (χ0v) is 13.1. The van der Waals surface area contributed by atoms with Gasteiger partial charge >= 0.3 is 0 Å². The molecule has 0 amide bonds. The zero-order chi connectivity index (χ0) is 14.7. The molecule has 0 heterocycles. The molecule has 0 aliphatic rings. The lowest BCUT2D eigenvalue weighted by molar-refractivity contribution is 0.552. The van der Waals surface area contributed by atoms with Crippen molar-refractivity contribution < 1.29 is 8.78 Å². The minimum absolute atomic E-state index is 0.0685. The molecule has 0 spiro atoms. The topological polar surface area (TPSA) is 12.0 Å². The molecule has 0 saturated carbocycles. The minimum atomic E-state index is -0.458. The summed E-state index contributed by atoms with van der Waals surface area (Å²) in [5.41, 5.74) is 1.41. The third-order valence-electron chi connectivity index (χ3n) is 3.13. The highest BCUT2D eigenvalue weighted by atomic mass is 79.9. The quantitative estimate of drug-likeness (QED) is 0.819. The molecule has 1 nitrogen and oxygen atoms in total. The van der Waals surface area contributed by atoms with Gasteiger partial charge in [-0.25, -0.2) is 8.78 Å². The van der Waals surface area contributed by atoms with Crippen molar-refractivity contribution in [1.29, 1.82) is 0 Å². The number of rotatable bonds is 4. The van der Waals surface area contributed by atoms with Crippen molar-refractivity contribution in [1.82, 2.24) is 5.32 Å². The molecule has 20 heavy (non-hydrogen) atoms. The fourth-order valence-corrected chi connectivity index (χ4v) is 2.54. The summed E-state index contributed by atoms with van der Waals surface area (Å²) in [5.74, 6) is -0.729. The van der Waals surface area contributed by atoms with E-state index < -0.39 is 5.82 Å². The number of likely N-dealkylation sites (N-methyl/N-ethyl adjacent to an activating group) is 1. The number of hydrogen-bond donors (Lipinski definition) is 1. The molecule has 0 bridgehead atoms. The lowest BCUT2D eigenvalue weighted by Gasteiger charge is -2.17. The zero-order valence-electron chi connectivity index (χ0n) is 10.8. The first-order valence-corrected chi connectivity index (χ1v) is 7.24. The molecule has 1 N–H and O–H groups in total.